The summed E-state index contributed by atoms with van der Waals surface area (Å²) in [6.07, 6.45) is 0.952. The molecule has 2 nitrogen and oxygen atoms in total. The molecule has 0 aliphatic heterocycles. The lowest BCUT2D eigenvalue weighted by atomic mass is 10.0. The van der Waals surface area contributed by atoms with Crippen LogP contribution in [0.2, 0.25) is 0 Å². The van der Waals surface area contributed by atoms with E-state index in [4.69, 9.17) is 23.2 Å². The Hall–Kier alpha value is -0.570. The van der Waals surface area contributed by atoms with Crippen LogP contribution in [0.4, 0.5) is 0 Å². The van der Waals surface area contributed by atoms with Gasteiger partial charge in [-0.3, -0.25) is 4.90 Å². The zero-order valence-electron chi connectivity index (χ0n) is 9.90. The van der Waals surface area contributed by atoms with Crippen LogP contribution >= 0.6 is 23.2 Å². The van der Waals surface area contributed by atoms with E-state index in [0.717, 1.165) is 17.4 Å². The van der Waals surface area contributed by atoms with E-state index >= 15 is 0 Å². The van der Waals surface area contributed by atoms with Crippen LogP contribution in [0.15, 0.2) is 24.3 Å². The van der Waals surface area contributed by atoms with Crippen molar-refractivity contribution >= 4 is 29.5 Å². The maximum atomic E-state index is 11.3. The highest BCUT2D eigenvalue weighted by atomic mass is 35.5. The summed E-state index contributed by atoms with van der Waals surface area (Å²) in [7, 11) is 0. The summed E-state index contributed by atoms with van der Waals surface area (Å²) in [5.74, 6) is 0.986. The Morgan fingerprint density at radius 3 is 2.41 bits per heavy atom. The third kappa shape index (κ3) is 4.30. The predicted molar refractivity (Wildman–Crippen MR) is 73.0 cm³/mol. The van der Waals surface area contributed by atoms with Crippen molar-refractivity contribution in [1.29, 1.82) is 0 Å². The van der Waals surface area contributed by atoms with Gasteiger partial charge in [0.1, 0.15) is 6.29 Å². The summed E-state index contributed by atoms with van der Waals surface area (Å²) in [6, 6.07) is 7.70. The fraction of sp³-hybridized carbons (Fsp3) is 0.462. The molecule has 0 fully saturated rings. The van der Waals surface area contributed by atoms with E-state index in [1.807, 2.05) is 36.1 Å². The third-order valence-corrected chi connectivity index (χ3v) is 2.99. The van der Waals surface area contributed by atoms with Crippen LogP contribution in [0.3, 0.4) is 0 Å². The molecule has 1 aromatic carbocycles. The van der Waals surface area contributed by atoms with Gasteiger partial charge < -0.3 is 4.79 Å². The zero-order valence-corrected chi connectivity index (χ0v) is 11.4. The predicted octanol–water partition coefficient (Wildman–Crippen LogP) is 3.01. The van der Waals surface area contributed by atoms with Gasteiger partial charge in [0.25, 0.3) is 0 Å². The van der Waals surface area contributed by atoms with Crippen molar-refractivity contribution < 1.29 is 4.79 Å². The number of halogens is 2. The van der Waals surface area contributed by atoms with Crippen LogP contribution in [0, 0.1) is 6.92 Å². The molecule has 1 aromatic rings. The Kier molecular flexibility index (Phi) is 6.56. The molecule has 0 heterocycles. The van der Waals surface area contributed by atoms with E-state index in [2.05, 4.69) is 0 Å². The maximum absolute atomic E-state index is 11.3. The minimum absolute atomic E-state index is 0.257. The standard InChI is InChI=1S/C13H17Cl2NO/c1-11-3-2-4-12(9-11)13(10-17)16(7-5-14)8-6-15/h2-4,9-10,13H,5-8H2,1H3. The topological polar surface area (TPSA) is 20.3 Å². The Bertz CT molecular complexity index is 351. The average molecular weight is 274 g/mol. The normalized spacial score (nSPS) is 12.7. The minimum Gasteiger partial charge on any atom is -0.301 e. The van der Waals surface area contributed by atoms with E-state index in [9.17, 15) is 4.79 Å². The molecule has 0 radical (unpaired) electrons. The number of aryl methyl sites for hydroxylation is 1. The molecule has 0 aliphatic rings. The molecule has 0 bridgehead atoms. The first kappa shape index (κ1) is 14.5. The fourth-order valence-electron chi connectivity index (χ4n) is 1.84. The van der Waals surface area contributed by atoms with E-state index < -0.39 is 0 Å². The number of benzene rings is 1. The summed E-state index contributed by atoms with van der Waals surface area (Å²) in [6.45, 7) is 3.33. The molecule has 0 saturated heterocycles. The Morgan fingerprint density at radius 1 is 1.29 bits per heavy atom. The van der Waals surface area contributed by atoms with Crippen molar-refractivity contribution in [2.24, 2.45) is 0 Å². The quantitative estimate of drug-likeness (QED) is 0.562. The highest BCUT2D eigenvalue weighted by molar-refractivity contribution is 6.18. The van der Waals surface area contributed by atoms with Gasteiger partial charge in [-0.25, -0.2) is 0 Å². The summed E-state index contributed by atoms with van der Waals surface area (Å²) >= 11 is 11.5. The number of carbonyl (C=O) groups excluding carboxylic acids is 1. The first-order valence-electron chi connectivity index (χ1n) is 5.60. The first-order chi connectivity index (χ1) is 8.22. The third-order valence-electron chi connectivity index (χ3n) is 2.65. The number of carbonyl (C=O) groups is 1. The van der Waals surface area contributed by atoms with Gasteiger partial charge in [-0.2, -0.15) is 0 Å². The minimum atomic E-state index is -0.257. The van der Waals surface area contributed by atoms with Gasteiger partial charge in [-0.15, -0.1) is 23.2 Å². The summed E-state index contributed by atoms with van der Waals surface area (Å²) in [5.41, 5.74) is 2.14. The SMILES string of the molecule is Cc1cccc(C(C=O)N(CCCl)CCCl)c1. The molecule has 0 amide bonds. The average Bonchev–Trinajstić information content (AvgIpc) is 2.31. The van der Waals surface area contributed by atoms with Crippen molar-refractivity contribution in [3.05, 3.63) is 35.4 Å². The van der Waals surface area contributed by atoms with E-state index in [0.29, 0.717) is 24.8 Å². The lowest BCUT2D eigenvalue weighted by Gasteiger charge is -2.27. The highest BCUT2D eigenvalue weighted by Crippen LogP contribution is 2.19. The lowest BCUT2D eigenvalue weighted by molar-refractivity contribution is -0.112. The molecule has 0 spiro atoms. The van der Waals surface area contributed by atoms with Gasteiger partial charge in [0, 0.05) is 24.8 Å². The molecular formula is C13H17Cl2NO. The van der Waals surface area contributed by atoms with Crippen LogP contribution in [0.5, 0.6) is 0 Å². The number of rotatable bonds is 7. The largest absolute Gasteiger partial charge is 0.301 e. The molecule has 1 rings (SSSR count). The molecule has 1 unspecified atom stereocenters. The van der Waals surface area contributed by atoms with Crippen LogP contribution < -0.4 is 0 Å². The van der Waals surface area contributed by atoms with Gasteiger partial charge in [0.15, 0.2) is 0 Å². The highest BCUT2D eigenvalue weighted by Gasteiger charge is 2.18. The van der Waals surface area contributed by atoms with Gasteiger partial charge in [-0.1, -0.05) is 29.8 Å². The Balaban J connectivity index is 2.91. The number of aldehydes is 1. The van der Waals surface area contributed by atoms with Crippen LogP contribution in [0.1, 0.15) is 17.2 Å². The zero-order chi connectivity index (χ0) is 12.7. The van der Waals surface area contributed by atoms with Crippen LogP contribution in [-0.4, -0.2) is 36.0 Å². The second-order valence-electron chi connectivity index (χ2n) is 3.91. The molecular weight excluding hydrogens is 257 g/mol. The monoisotopic (exact) mass is 273 g/mol. The summed E-state index contributed by atoms with van der Waals surface area (Å²) in [5, 5.41) is 0. The smallest absolute Gasteiger partial charge is 0.141 e. The molecule has 94 valence electrons. The molecule has 0 N–H and O–H groups in total. The number of hydrogen-bond donors (Lipinski definition) is 0. The van der Waals surface area contributed by atoms with Crippen LogP contribution in [-0.2, 0) is 4.79 Å². The van der Waals surface area contributed by atoms with Crippen molar-refractivity contribution in [3.8, 4) is 0 Å². The van der Waals surface area contributed by atoms with E-state index in [1.54, 1.807) is 0 Å². The molecule has 1 atom stereocenters. The Labute approximate surface area is 113 Å². The number of hydrogen-bond acceptors (Lipinski definition) is 2. The first-order valence-corrected chi connectivity index (χ1v) is 6.67. The molecule has 0 aromatic heterocycles. The van der Waals surface area contributed by atoms with E-state index in [1.165, 1.54) is 0 Å². The second kappa shape index (κ2) is 7.70. The second-order valence-corrected chi connectivity index (χ2v) is 4.66. The van der Waals surface area contributed by atoms with Gasteiger partial charge in [0.05, 0.1) is 6.04 Å². The molecule has 17 heavy (non-hydrogen) atoms. The molecule has 0 saturated carbocycles. The summed E-state index contributed by atoms with van der Waals surface area (Å²) in [4.78, 5) is 13.3. The number of nitrogens with zero attached hydrogens (tertiary/aromatic N) is 1. The van der Waals surface area contributed by atoms with Crippen molar-refractivity contribution in [2.75, 3.05) is 24.8 Å². The molecule has 4 heteroatoms. The maximum Gasteiger partial charge on any atom is 0.141 e. The number of alkyl halides is 2. The van der Waals surface area contributed by atoms with Gasteiger partial charge >= 0.3 is 0 Å². The van der Waals surface area contributed by atoms with Crippen molar-refractivity contribution in [3.63, 3.8) is 0 Å². The van der Waals surface area contributed by atoms with Gasteiger partial charge in [-0.05, 0) is 12.5 Å². The molecule has 0 aliphatic carbocycles. The Morgan fingerprint density at radius 2 is 1.94 bits per heavy atom. The van der Waals surface area contributed by atoms with Crippen LogP contribution in [0.25, 0.3) is 0 Å². The van der Waals surface area contributed by atoms with Crippen molar-refractivity contribution in [2.45, 2.75) is 13.0 Å². The van der Waals surface area contributed by atoms with Crippen molar-refractivity contribution in [1.82, 2.24) is 4.90 Å². The lowest BCUT2D eigenvalue weighted by Crippen LogP contribution is -2.33. The van der Waals surface area contributed by atoms with Gasteiger partial charge in [0.2, 0.25) is 0 Å². The summed E-state index contributed by atoms with van der Waals surface area (Å²) < 4.78 is 0. The van der Waals surface area contributed by atoms with E-state index in [-0.39, 0.29) is 6.04 Å². The fourth-order valence-corrected chi connectivity index (χ4v) is 2.27.